The second kappa shape index (κ2) is 8.50. The summed E-state index contributed by atoms with van der Waals surface area (Å²) in [5, 5.41) is 3.01. The third kappa shape index (κ3) is 4.61. The van der Waals surface area contributed by atoms with E-state index in [2.05, 4.69) is 29.6 Å². The number of furan rings is 1. The van der Waals surface area contributed by atoms with Gasteiger partial charge in [-0.1, -0.05) is 54.6 Å². The minimum Gasteiger partial charge on any atom is -0.468 e. The van der Waals surface area contributed by atoms with E-state index in [-0.39, 0.29) is 11.9 Å². The summed E-state index contributed by atoms with van der Waals surface area (Å²) in [7, 11) is 3.95. The highest BCUT2D eigenvalue weighted by Crippen LogP contribution is 2.20. The maximum atomic E-state index is 12.3. The molecule has 0 saturated carbocycles. The molecule has 1 unspecified atom stereocenters. The van der Waals surface area contributed by atoms with Crippen LogP contribution in [0.25, 0.3) is 11.1 Å². The van der Waals surface area contributed by atoms with E-state index in [1.165, 1.54) is 5.56 Å². The third-order valence-electron chi connectivity index (χ3n) is 4.41. The molecule has 0 bridgehead atoms. The molecular weight excluding hydrogens is 324 g/mol. The zero-order valence-corrected chi connectivity index (χ0v) is 15.2. The van der Waals surface area contributed by atoms with Crippen molar-refractivity contribution in [2.24, 2.45) is 0 Å². The van der Waals surface area contributed by atoms with Gasteiger partial charge in [0.25, 0.3) is 0 Å². The highest BCUT2D eigenvalue weighted by atomic mass is 16.3. The van der Waals surface area contributed by atoms with Gasteiger partial charge in [-0.15, -0.1) is 0 Å². The average Bonchev–Trinajstić information content (AvgIpc) is 3.17. The molecule has 0 aliphatic rings. The third-order valence-corrected chi connectivity index (χ3v) is 4.41. The maximum Gasteiger partial charge on any atom is 0.224 e. The quantitative estimate of drug-likeness (QED) is 0.704. The second-order valence-corrected chi connectivity index (χ2v) is 6.54. The number of nitrogens with one attached hydrogen (secondary N) is 1. The Hall–Kier alpha value is -2.85. The van der Waals surface area contributed by atoms with Crippen LogP contribution in [0.3, 0.4) is 0 Å². The van der Waals surface area contributed by atoms with E-state index in [0.29, 0.717) is 13.0 Å². The van der Waals surface area contributed by atoms with E-state index < -0.39 is 0 Å². The Labute approximate surface area is 154 Å². The van der Waals surface area contributed by atoms with Crippen LogP contribution in [0.2, 0.25) is 0 Å². The molecule has 0 fully saturated rings. The zero-order valence-electron chi connectivity index (χ0n) is 15.2. The highest BCUT2D eigenvalue weighted by molar-refractivity contribution is 5.79. The minimum absolute atomic E-state index is 0.0101. The summed E-state index contributed by atoms with van der Waals surface area (Å²) in [6.07, 6.45) is 2.02. The molecule has 0 saturated heterocycles. The standard InChI is InChI=1S/C22H24N2O2/c1-24(2)20(21-9-6-14-26-21)16-23-22(25)15-17-10-12-19(13-11-17)18-7-4-3-5-8-18/h3-14,20H,15-16H2,1-2H3,(H,23,25). The van der Waals surface area contributed by atoms with Crippen molar-refractivity contribution in [2.75, 3.05) is 20.6 Å². The predicted molar refractivity (Wildman–Crippen MR) is 104 cm³/mol. The molecule has 0 aliphatic carbocycles. The van der Waals surface area contributed by atoms with Crippen molar-refractivity contribution in [3.63, 3.8) is 0 Å². The van der Waals surface area contributed by atoms with Crippen LogP contribution in [0.5, 0.6) is 0 Å². The van der Waals surface area contributed by atoms with E-state index in [4.69, 9.17) is 4.42 Å². The number of amides is 1. The molecule has 1 amide bonds. The van der Waals surface area contributed by atoms with Gasteiger partial charge in [-0.05, 0) is 42.9 Å². The number of hydrogen-bond acceptors (Lipinski definition) is 3. The van der Waals surface area contributed by atoms with Crippen LogP contribution in [0.4, 0.5) is 0 Å². The van der Waals surface area contributed by atoms with Gasteiger partial charge in [-0.3, -0.25) is 9.69 Å². The fraction of sp³-hybridized carbons (Fsp3) is 0.227. The Morgan fingerprint density at radius 1 is 0.962 bits per heavy atom. The first kappa shape index (κ1) is 18.0. The van der Waals surface area contributed by atoms with Gasteiger partial charge in [-0.2, -0.15) is 0 Å². The topological polar surface area (TPSA) is 45.5 Å². The molecule has 0 radical (unpaired) electrons. The van der Waals surface area contributed by atoms with Gasteiger partial charge in [0, 0.05) is 6.54 Å². The normalized spacial score (nSPS) is 12.1. The number of carbonyl (C=O) groups is 1. The fourth-order valence-electron chi connectivity index (χ4n) is 2.92. The second-order valence-electron chi connectivity index (χ2n) is 6.54. The fourth-order valence-corrected chi connectivity index (χ4v) is 2.92. The van der Waals surface area contributed by atoms with Crippen molar-refractivity contribution in [2.45, 2.75) is 12.5 Å². The first-order chi connectivity index (χ1) is 12.6. The van der Waals surface area contributed by atoms with Crippen LogP contribution in [-0.4, -0.2) is 31.4 Å². The molecule has 1 atom stereocenters. The monoisotopic (exact) mass is 348 g/mol. The predicted octanol–water partition coefficient (Wildman–Crippen LogP) is 3.91. The van der Waals surface area contributed by atoms with Gasteiger partial charge in [-0.25, -0.2) is 0 Å². The molecule has 3 aromatic rings. The van der Waals surface area contributed by atoms with Crippen LogP contribution < -0.4 is 5.32 Å². The molecule has 1 N–H and O–H groups in total. The van der Waals surface area contributed by atoms with Gasteiger partial charge < -0.3 is 9.73 Å². The van der Waals surface area contributed by atoms with E-state index in [1.807, 2.05) is 61.5 Å². The lowest BCUT2D eigenvalue weighted by Gasteiger charge is -2.22. The molecule has 134 valence electrons. The SMILES string of the molecule is CN(C)C(CNC(=O)Cc1ccc(-c2ccccc2)cc1)c1ccco1. The van der Waals surface area contributed by atoms with Crippen molar-refractivity contribution in [3.05, 3.63) is 84.3 Å². The summed E-state index contributed by atoms with van der Waals surface area (Å²) in [4.78, 5) is 14.3. The van der Waals surface area contributed by atoms with Gasteiger partial charge in [0.1, 0.15) is 5.76 Å². The first-order valence-corrected chi connectivity index (χ1v) is 8.74. The van der Waals surface area contributed by atoms with Crippen molar-refractivity contribution in [1.82, 2.24) is 10.2 Å². The first-order valence-electron chi connectivity index (χ1n) is 8.74. The molecular formula is C22H24N2O2. The van der Waals surface area contributed by atoms with Crippen LogP contribution in [0.15, 0.2) is 77.4 Å². The summed E-state index contributed by atoms with van der Waals surface area (Å²) in [5.74, 6) is 0.860. The Balaban J connectivity index is 1.56. The van der Waals surface area contributed by atoms with E-state index in [1.54, 1.807) is 6.26 Å². The largest absolute Gasteiger partial charge is 0.468 e. The number of rotatable bonds is 7. The number of likely N-dealkylation sites (N-methyl/N-ethyl adjacent to an activating group) is 1. The molecule has 26 heavy (non-hydrogen) atoms. The molecule has 4 nitrogen and oxygen atoms in total. The summed E-state index contributed by atoms with van der Waals surface area (Å²) < 4.78 is 5.47. The van der Waals surface area contributed by atoms with Gasteiger partial charge >= 0.3 is 0 Å². The van der Waals surface area contributed by atoms with Crippen molar-refractivity contribution < 1.29 is 9.21 Å². The minimum atomic E-state index is 0.0101. The van der Waals surface area contributed by atoms with Crippen molar-refractivity contribution in [1.29, 1.82) is 0 Å². The Morgan fingerprint density at radius 2 is 1.65 bits per heavy atom. The van der Waals surface area contributed by atoms with Gasteiger partial charge in [0.2, 0.25) is 5.91 Å². The van der Waals surface area contributed by atoms with Gasteiger partial charge in [0.05, 0.1) is 18.7 Å². The highest BCUT2D eigenvalue weighted by Gasteiger charge is 2.17. The molecule has 1 aromatic heterocycles. The average molecular weight is 348 g/mol. The summed E-state index contributed by atoms with van der Waals surface area (Å²) >= 11 is 0. The summed E-state index contributed by atoms with van der Waals surface area (Å²) in [6.45, 7) is 0.515. The van der Waals surface area contributed by atoms with Crippen LogP contribution in [0, 0.1) is 0 Å². The number of nitrogens with zero attached hydrogens (tertiary/aromatic N) is 1. The van der Waals surface area contributed by atoms with Crippen LogP contribution >= 0.6 is 0 Å². The molecule has 2 aromatic carbocycles. The molecule has 3 rings (SSSR count). The van der Waals surface area contributed by atoms with Gasteiger partial charge in [0.15, 0.2) is 0 Å². The van der Waals surface area contributed by atoms with E-state index in [0.717, 1.165) is 16.9 Å². The van der Waals surface area contributed by atoms with Crippen LogP contribution in [-0.2, 0) is 11.2 Å². The number of hydrogen-bond donors (Lipinski definition) is 1. The molecule has 0 aliphatic heterocycles. The molecule has 0 spiro atoms. The van der Waals surface area contributed by atoms with Crippen molar-refractivity contribution in [3.8, 4) is 11.1 Å². The van der Waals surface area contributed by atoms with E-state index >= 15 is 0 Å². The maximum absolute atomic E-state index is 12.3. The molecule has 1 heterocycles. The van der Waals surface area contributed by atoms with E-state index in [9.17, 15) is 4.79 Å². The number of carbonyl (C=O) groups excluding carboxylic acids is 1. The zero-order chi connectivity index (χ0) is 18.4. The van der Waals surface area contributed by atoms with Crippen LogP contribution in [0.1, 0.15) is 17.4 Å². The van der Waals surface area contributed by atoms with Crippen molar-refractivity contribution >= 4 is 5.91 Å². The Kier molecular flexibility index (Phi) is 5.87. The summed E-state index contributed by atoms with van der Waals surface area (Å²) in [5.41, 5.74) is 3.33. The molecule has 4 heteroatoms. The lowest BCUT2D eigenvalue weighted by molar-refractivity contribution is -0.120. The Bertz CT molecular complexity index is 809. The number of benzene rings is 2. The smallest absolute Gasteiger partial charge is 0.224 e. The lowest BCUT2D eigenvalue weighted by atomic mass is 10.0. The summed E-state index contributed by atoms with van der Waals surface area (Å²) in [6, 6.07) is 22.2. The lowest BCUT2D eigenvalue weighted by Crippen LogP contribution is -2.35. The Morgan fingerprint density at radius 3 is 2.27 bits per heavy atom.